The number of carbonyl (C=O) groups is 1. The summed E-state index contributed by atoms with van der Waals surface area (Å²) in [5.74, 6) is 0.0365. The first kappa shape index (κ1) is 13.8. The van der Waals surface area contributed by atoms with Gasteiger partial charge in [0.2, 0.25) is 0 Å². The van der Waals surface area contributed by atoms with Gasteiger partial charge in [-0.1, -0.05) is 18.5 Å². The maximum Gasteiger partial charge on any atom is 0.251 e. The van der Waals surface area contributed by atoms with E-state index in [2.05, 4.69) is 23.3 Å². The van der Waals surface area contributed by atoms with Crippen LogP contribution in [0.25, 0.3) is 0 Å². The highest BCUT2D eigenvalue weighted by Crippen LogP contribution is 2.17. The third-order valence-electron chi connectivity index (χ3n) is 2.70. The van der Waals surface area contributed by atoms with Crippen LogP contribution >= 0.6 is 22.9 Å². The topological polar surface area (TPSA) is 68.0 Å². The number of nitrogens with two attached hydrogens (primary N) is 1. The Kier molecular flexibility index (Phi) is 4.39. The zero-order chi connectivity index (χ0) is 13.8. The van der Waals surface area contributed by atoms with Crippen molar-refractivity contribution in [3.63, 3.8) is 0 Å². The van der Waals surface area contributed by atoms with Crippen LogP contribution < -0.4 is 11.1 Å². The SMILES string of the molecule is CCc1ccsc1CNC(=O)c1cc(N)nc(Cl)c1. The Hall–Kier alpha value is -1.59. The van der Waals surface area contributed by atoms with Gasteiger partial charge in [-0.15, -0.1) is 11.3 Å². The van der Waals surface area contributed by atoms with Crippen LogP contribution in [-0.4, -0.2) is 10.9 Å². The van der Waals surface area contributed by atoms with Gasteiger partial charge in [0, 0.05) is 10.4 Å². The van der Waals surface area contributed by atoms with E-state index in [9.17, 15) is 4.79 Å². The second-order valence-electron chi connectivity index (χ2n) is 4.01. The van der Waals surface area contributed by atoms with Gasteiger partial charge in [-0.3, -0.25) is 4.79 Å². The predicted octanol–water partition coefficient (Wildman–Crippen LogP) is 2.87. The average molecular weight is 296 g/mol. The van der Waals surface area contributed by atoms with Gasteiger partial charge in [-0.05, 0) is 35.6 Å². The zero-order valence-electron chi connectivity index (χ0n) is 10.4. The van der Waals surface area contributed by atoms with Gasteiger partial charge in [0.25, 0.3) is 5.91 Å². The van der Waals surface area contributed by atoms with Crippen LogP contribution in [0.2, 0.25) is 5.15 Å². The molecular formula is C13H14ClN3OS. The maximum atomic E-state index is 12.0. The van der Waals surface area contributed by atoms with Gasteiger partial charge >= 0.3 is 0 Å². The summed E-state index contributed by atoms with van der Waals surface area (Å²) >= 11 is 7.41. The molecule has 2 aromatic rings. The summed E-state index contributed by atoms with van der Waals surface area (Å²) in [5, 5.41) is 5.11. The minimum atomic E-state index is -0.202. The highest BCUT2D eigenvalue weighted by Gasteiger charge is 2.09. The molecule has 0 aromatic carbocycles. The summed E-state index contributed by atoms with van der Waals surface area (Å²) in [5.41, 5.74) is 7.25. The van der Waals surface area contributed by atoms with E-state index in [1.54, 1.807) is 11.3 Å². The number of anilines is 1. The number of halogens is 1. The number of hydrogen-bond donors (Lipinski definition) is 2. The molecule has 0 unspecified atom stereocenters. The molecule has 6 heteroatoms. The minimum absolute atomic E-state index is 0.202. The third-order valence-corrected chi connectivity index (χ3v) is 3.86. The maximum absolute atomic E-state index is 12.0. The molecule has 0 bridgehead atoms. The van der Waals surface area contributed by atoms with Crippen LogP contribution in [0.15, 0.2) is 23.6 Å². The molecule has 4 nitrogen and oxygen atoms in total. The van der Waals surface area contributed by atoms with E-state index in [-0.39, 0.29) is 16.9 Å². The lowest BCUT2D eigenvalue weighted by Crippen LogP contribution is -2.23. The molecule has 0 aliphatic heterocycles. The first-order valence-electron chi connectivity index (χ1n) is 5.86. The molecule has 0 aliphatic carbocycles. The zero-order valence-corrected chi connectivity index (χ0v) is 12.0. The minimum Gasteiger partial charge on any atom is -0.384 e. The highest BCUT2D eigenvalue weighted by molar-refractivity contribution is 7.10. The Balaban J connectivity index is 2.05. The van der Waals surface area contributed by atoms with Crippen LogP contribution in [-0.2, 0) is 13.0 Å². The Bertz CT molecular complexity index is 577. The number of nitrogens with one attached hydrogen (secondary N) is 1. The molecule has 0 spiro atoms. The molecule has 2 aromatic heterocycles. The second-order valence-corrected chi connectivity index (χ2v) is 5.40. The summed E-state index contributed by atoms with van der Waals surface area (Å²) < 4.78 is 0. The molecule has 1 amide bonds. The van der Waals surface area contributed by atoms with E-state index >= 15 is 0 Å². The molecule has 100 valence electrons. The Morgan fingerprint density at radius 1 is 1.53 bits per heavy atom. The van der Waals surface area contributed by atoms with Crippen molar-refractivity contribution in [3.8, 4) is 0 Å². The molecule has 2 rings (SSSR count). The smallest absolute Gasteiger partial charge is 0.251 e. The molecule has 0 fully saturated rings. The number of rotatable bonds is 4. The fraction of sp³-hybridized carbons (Fsp3) is 0.231. The van der Waals surface area contributed by atoms with E-state index in [0.717, 1.165) is 6.42 Å². The molecule has 0 saturated carbocycles. The van der Waals surface area contributed by atoms with E-state index in [4.69, 9.17) is 17.3 Å². The second kappa shape index (κ2) is 6.04. The lowest BCUT2D eigenvalue weighted by Gasteiger charge is -2.06. The fourth-order valence-electron chi connectivity index (χ4n) is 1.75. The number of hydrogen-bond acceptors (Lipinski definition) is 4. The predicted molar refractivity (Wildman–Crippen MR) is 78.5 cm³/mol. The van der Waals surface area contributed by atoms with Gasteiger partial charge < -0.3 is 11.1 Å². The summed E-state index contributed by atoms with van der Waals surface area (Å²) in [6.45, 7) is 2.61. The van der Waals surface area contributed by atoms with Gasteiger partial charge in [-0.25, -0.2) is 4.98 Å². The lowest BCUT2D eigenvalue weighted by atomic mass is 10.2. The van der Waals surface area contributed by atoms with Crippen LogP contribution in [0.4, 0.5) is 5.82 Å². The lowest BCUT2D eigenvalue weighted by molar-refractivity contribution is 0.0951. The molecule has 3 N–H and O–H groups in total. The van der Waals surface area contributed by atoms with Gasteiger partial charge in [0.15, 0.2) is 0 Å². The van der Waals surface area contributed by atoms with Gasteiger partial charge in [0.05, 0.1) is 6.54 Å². The molecular weight excluding hydrogens is 282 g/mol. The highest BCUT2D eigenvalue weighted by atomic mass is 35.5. The normalized spacial score (nSPS) is 10.4. The Morgan fingerprint density at radius 2 is 2.32 bits per heavy atom. The summed E-state index contributed by atoms with van der Waals surface area (Å²) in [6.07, 6.45) is 0.961. The number of nitrogens with zero attached hydrogens (tertiary/aromatic N) is 1. The van der Waals surface area contributed by atoms with Crippen LogP contribution in [0.3, 0.4) is 0 Å². The molecule has 2 heterocycles. The average Bonchev–Trinajstić information content (AvgIpc) is 2.82. The van der Waals surface area contributed by atoms with Crippen molar-refractivity contribution in [1.29, 1.82) is 0 Å². The monoisotopic (exact) mass is 295 g/mol. The number of pyridine rings is 1. The van der Waals surface area contributed by atoms with Gasteiger partial charge in [0.1, 0.15) is 11.0 Å². The Labute approximate surface area is 120 Å². The first-order chi connectivity index (χ1) is 9.10. The van der Waals surface area contributed by atoms with Crippen LogP contribution in [0, 0.1) is 0 Å². The van der Waals surface area contributed by atoms with Crippen molar-refractivity contribution in [2.45, 2.75) is 19.9 Å². The van der Waals surface area contributed by atoms with Crippen molar-refractivity contribution < 1.29 is 4.79 Å². The largest absolute Gasteiger partial charge is 0.384 e. The number of thiophene rings is 1. The number of nitrogen functional groups attached to an aromatic ring is 1. The van der Waals surface area contributed by atoms with E-state index in [0.29, 0.717) is 12.1 Å². The molecule has 0 atom stereocenters. The van der Waals surface area contributed by atoms with Crippen molar-refractivity contribution in [2.24, 2.45) is 0 Å². The van der Waals surface area contributed by atoms with E-state index in [1.165, 1.54) is 22.6 Å². The first-order valence-corrected chi connectivity index (χ1v) is 7.12. The molecule has 0 aliphatic rings. The van der Waals surface area contributed by atoms with Crippen molar-refractivity contribution in [1.82, 2.24) is 10.3 Å². The molecule has 19 heavy (non-hydrogen) atoms. The quantitative estimate of drug-likeness (QED) is 0.852. The summed E-state index contributed by atoms with van der Waals surface area (Å²) in [7, 11) is 0. The van der Waals surface area contributed by atoms with Gasteiger partial charge in [-0.2, -0.15) is 0 Å². The number of aryl methyl sites for hydroxylation is 1. The third kappa shape index (κ3) is 3.45. The number of carbonyl (C=O) groups excluding carboxylic acids is 1. The van der Waals surface area contributed by atoms with Crippen LogP contribution in [0.5, 0.6) is 0 Å². The number of aromatic nitrogens is 1. The van der Waals surface area contributed by atoms with Crippen molar-refractivity contribution >= 4 is 34.7 Å². The molecule has 0 saturated heterocycles. The van der Waals surface area contributed by atoms with E-state index < -0.39 is 0 Å². The van der Waals surface area contributed by atoms with Crippen LogP contribution in [0.1, 0.15) is 27.7 Å². The standard InChI is InChI=1S/C13H14ClN3OS/c1-2-8-3-4-19-10(8)7-16-13(18)9-5-11(14)17-12(15)6-9/h3-6H,2,7H2,1H3,(H2,15,17)(H,16,18). The Morgan fingerprint density at radius 3 is 3.00 bits per heavy atom. The summed E-state index contributed by atoms with van der Waals surface area (Å²) in [4.78, 5) is 17.0. The van der Waals surface area contributed by atoms with E-state index in [1.807, 2.05) is 5.38 Å². The fourth-order valence-corrected chi connectivity index (χ4v) is 2.88. The molecule has 0 radical (unpaired) electrons. The summed E-state index contributed by atoms with van der Waals surface area (Å²) in [6, 6.07) is 5.09. The number of amides is 1. The van der Waals surface area contributed by atoms with Crippen molar-refractivity contribution in [3.05, 3.63) is 44.7 Å². The van der Waals surface area contributed by atoms with Crippen molar-refractivity contribution in [2.75, 3.05) is 5.73 Å².